The molecule has 126 valence electrons. The van der Waals surface area contributed by atoms with Crippen LogP contribution in [0, 0.1) is 5.92 Å². The van der Waals surface area contributed by atoms with Crippen LogP contribution in [0.4, 0.5) is 0 Å². The van der Waals surface area contributed by atoms with Crippen LogP contribution in [0.5, 0.6) is 0 Å². The maximum Gasteiger partial charge on any atom is 0.0589 e. The van der Waals surface area contributed by atoms with Crippen molar-refractivity contribution in [2.45, 2.75) is 97.3 Å². The summed E-state index contributed by atoms with van der Waals surface area (Å²) in [4.78, 5) is 8.69. The van der Waals surface area contributed by atoms with Gasteiger partial charge < -0.3 is 0 Å². The number of aromatic nitrogens is 2. The summed E-state index contributed by atoms with van der Waals surface area (Å²) in [6, 6.07) is 0. The van der Waals surface area contributed by atoms with E-state index in [1.165, 1.54) is 82.7 Å². The number of unbranched alkanes of at least 4 members (excludes halogenated alkanes) is 8. The molecule has 2 nitrogen and oxygen atoms in total. The Morgan fingerprint density at radius 3 is 1.86 bits per heavy atom. The fourth-order valence-electron chi connectivity index (χ4n) is 3.15. The molecule has 0 aromatic carbocycles. The van der Waals surface area contributed by atoms with E-state index in [0.717, 1.165) is 12.3 Å². The van der Waals surface area contributed by atoms with Crippen molar-refractivity contribution in [3.8, 4) is 0 Å². The number of hydrogen-bond acceptors (Lipinski definition) is 2. The van der Waals surface area contributed by atoms with E-state index in [2.05, 4.69) is 23.8 Å². The third kappa shape index (κ3) is 9.92. The van der Waals surface area contributed by atoms with Crippen LogP contribution >= 0.6 is 0 Å². The first-order chi connectivity index (χ1) is 10.9. The molecule has 1 heterocycles. The highest BCUT2D eigenvalue weighted by atomic mass is 14.8. The van der Waals surface area contributed by atoms with Crippen molar-refractivity contribution in [1.82, 2.24) is 9.97 Å². The molecule has 0 spiro atoms. The zero-order valence-corrected chi connectivity index (χ0v) is 14.9. The van der Waals surface area contributed by atoms with Crippen molar-refractivity contribution in [2.24, 2.45) is 5.92 Å². The van der Waals surface area contributed by atoms with Gasteiger partial charge in [-0.2, -0.15) is 0 Å². The first-order valence-corrected chi connectivity index (χ1v) is 9.61. The Balaban J connectivity index is 2.29. The Morgan fingerprint density at radius 1 is 0.773 bits per heavy atom. The van der Waals surface area contributed by atoms with Crippen LogP contribution in [0.3, 0.4) is 0 Å². The third-order valence-electron chi connectivity index (χ3n) is 4.55. The Labute approximate surface area is 138 Å². The zero-order valence-electron chi connectivity index (χ0n) is 14.9. The number of rotatable bonds is 14. The van der Waals surface area contributed by atoms with Crippen molar-refractivity contribution in [3.63, 3.8) is 0 Å². The molecule has 0 amide bonds. The van der Waals surface area contributed by atoms with Crippen molar-refractivity contribution in [1.29, 1.82) is 0 Å². The van der Waals surface area contributed by atoms with E-state index in [1.807, 2.05) is 12.4 Å². The monoisotopic (exact) mass is 304 g/mol. The summed E-state index contributed by atoms with van der Waals surface area (Å²) < 4.78 is 0. The molecular weight excluding hydrogens is 268 g/mol. The van der Waals surface area contributed by atoms with E-state index < -0.39 is 0 Å². The van der Waals surface area contributed by atoms with E-state index in [0.29, 0.717) is 0 Å². The second kappa shape index (κ2) is 13.7. The van der Waals surface area contributed by atoms with Gasteiger partial charge in [-0.15, -0.1) is 0 Å². The van der Waals surface area contributed by atoms with E-state index in [1.54, 1.807) is 6.20 Å². The summed E-state index contributed by atoms with van der Waals surface area (Å²) in [6.07, 6.45) is 23.3. The lowest BCUT2D eigenvalue weighted by molar-refractivity contribution is 0.398. The van der Waals surface area contributed by atoms with Crippen LogP contribution in [0.25, 0.3) is 0 Å². The summed E-state index contributed by atoms with van der Waals surface area (Å²) in [5, 5.41) is 0. The smallest absolute Gasteiger partial charge is 0.0589 e. The molecule has 0 fully saturated rings. The van der Waals surface area contributed by atoms with Gasteiger partial charge >= 0.3 is 0 Å². The van der Waals surface area contributed by atoms with Gasteiger partial charge in [0, 0.05) is 18.6 Å². The van der Waals surface area contributed by atoms with Gasteiger partial charge in [0.1, 0.15) is 0 Å². The van der Waals surface area contributed by atoms with Crippen LogP contribution in [-0.4, -0.2) is 9.97 Å². The average Bonchev–Trinajstić information content (AvgIpc) is 2.55. The molecule has 1 aromatic rings. The lowest BCUT2D eigenvalue weighted by Gasteiger charge is -2.16. The van der Waals surface area contributed by atoms with Crippen LogP contribution in [0.15, 0.2) is 18.6 Å². The average molecular weight is 305 g/mol. The minimum Gasteiger partial charge on any atom is -0.261 e. The van der Waals surface area contributed by atoms with Crippen LogP contribution in [0.1, 0.15) is 96.6 Å². The molecule has 1 aromatic heterocycles. The highest BCUT2D eigenvalue weighted by Gasteiger charge is 2.10. The van der Waals surface area contributed by atoms with Crippen LogP contribution < -0.4 is 0 Å². The molecule has 0 aliphatic rings. The van der Waals surface area contributed by atoms with Crippen molar-refractivity contribution in [3.05, 3.63) is 24.3 Å². The summed E-state index contributed by atoms with van der Waals surface area (Å²) in [7, 11) is 0. The van der Waals surface area contributed by atoms with Gasteiger partial charge in [-0.1, -0.05) is 90.9 Å². The van der Waals surface area contributed by atoms with Crippen molar-refractivity contribution < 1.29 is 0 Å². The molecule has 22 heavy (non-hydrogen) atoms. The SMILES string of the molecule is CCCCCCCC(CCCCCCC)Cc1cnccn1. The standard InChI is InChI=1S/C20H36N2/c1-3-5-7-9-11-13-19(14-12-10-8-6-4-2)17-20-18-21-15-16-22-20/h15-16,18-19H,3-14,17H2,1-2H3. The molecule has 0 atom stereocenters. The summed E-state index contributed by atoms with van der Waals surface area (Å²) in [6.45, 7) is 4.57. The molecule has 0 N–H and O–H groups in total. The maximum absolute atomic E-state index is 4.47. The molecule has 0 saturated heterocycles. The Hall–Kier alpha value is -0.920. The molecule has 2 heteroatoms. The normalized spacial score (nSPS) is 11.2. The predicted molar refractivity (Wildman–Crippen MR) is 96.0 cm³/mol. The topological polar surface area (TPSA) is 25.8 Å². The van der Waals surface area contributed by atoms with Crippen LogP contribution in [0.2, 0.25) is 0 Å². The zero-order chi connectivity index (χ0) is 15.9. The summed E-state index contributed by atoms with van der Waals surface area (Å²) in [5.74, 6) is 0.806. The highest BCUT2D eigenvalue weighted by molar-refractivity contribution is 4.96. The van der Waals surface area contributed by atoms with E-state index in [-0.39, 0.29) is 0 Å². The molecule has 0 radical (unpaired) electrons. The molecule has 1 rings (SSSR count). The maximum atomic E-state index is 4.47. The molecule has 0 unspecified atom stereocenters. The molecular formula is C20H36N2. The van der Waals surface area contributed by atoms with E-state index in [9.17, 15) is 0 Å². The Morgan fingerprint density at radius 2 is 1.36 bits per heavy atom. The molecule has 0 bridgehead atoms. The van der Waals surface area contributed by atoms with Gasteiger partial charge in [0.25, 0.3) is 0 Å². The lowest BCUT2D eigenvalue weighted by atomic mass is 9.90. The van der Waals surface area contributed by atoms with Gasteiger partial charge in [0.05, 0.1) is 5.69 Å². The van der Waals surface area contributed by atoms with E-state index >= 15 is 0 Å². The first kappa shape index (κ1) is 19.1. The summed E-state index contributed by atoms with van der Waals surface area (Å²) in [5.41, 5.74) is 1.18. The minimum absolute atomic E-state index is 0.806. The fourth-order valence-corrected chi connectivity index (χ4v) is 3.15. The summed E-state index contributed by atoms with van der Waals surface area (Å²) >= 11 is 0. The van der Waals surface area contributed by atoms with Crippen molar-refractivity contribution >= 4 is 0 Å². The molecule has 0 aliphatic heterocycles. The van der Waals surface area contributed by atoms with Gasteiger partial charge in [0.15, 0.2) is 0 Å². The third-order valence-corrected chi connectivity index (χ3v) is 4.55. The second-order valence-corrected chi connectivity index (χ2v) is 6.67. The largest absolute Gasteiger partial charge is 0.261 e. The minimum atomic E-state index is 0.806. The van der Waals surface area contributed by atoms with Gasteiger partial charge in [-0.05, 0) is 12.3 Å². The Kier molecular flexibility index (Phi) is 11.9. The fraction of sp³-hybridized carbons (Fsp3) is 0.800. The second-order valence-electron chi connectivity index (χ2n) is 6.67. The van der Waals surface area contributed by atoms with Gasteiger partial charge in [-0.3, -0.25) is 9.97 Å². The first-order valence-electron chi connectivity index (χ1n) is 9.61. The molecule has 0 saturated carbocycles. The Bertz CT molecular complexity index is 323. The van der Waals surface area contributed by atoms with Gasteiger partial charge in [0.2, 0.25) is 0 Å². The van der Waals surface area contributed by atoms with Gasteiger partial charge in [-0.25, -0.2) is 0 Å². The van der Waals surface area contributed by atoms with Crippen LogP contribution in [-0.2, 0) is 6.42 Å². The lowest BCUT2D eigenvalue weighted by Crippen LogP contribution is -2.07. The predicted octanol–water partition coefficient (Wildman–Crippen LogP) is 6.36. The van der Waals surface area contributed by atoms with E-state index in [4.69, 9.17) is 0 Å². The number of hydrogen-bond donors (Lipinski definition) is 0. The quantitative estimate of drug-likeness (QED) is 0.374. The number of nitrogens with zero attached hydrogens (tertiary/aromatic N) is 2. The highest BCUT2D eigenvalue weighted by Crippen LogP contribution is 2.22. The molecule has 0 aliphatic carbocycles. The van der Waals surface area contributed by atoms with Crippen molar-refractivity contribution in [2.75, 3.05) is 0 Å².